The van der Waals surface area contributed by atoms with Gasteiger partial charge in [-0.2, -0.15) is 0 Å². The number of halogens is 2. The molecular formula is C17H18F2N2O. The fourth-order valence-electron chi connectivity index (χ4n) is 2.07. The summed E-state index contributed by atoms with van der Waals surface area (Å²) in [7, 11) is 0. The maximum atomic E-state index is 13.0. The highest BCUT2D eigenvalue weighted by Gasteiger charge is 2.09. The summed E-state index contributed by atoms with van der Waals surface area (Å²) < 4.78 is 25.8. The Hall–Kier alpha value is -2.43. The predicted molar refractivity (Wildman–Crippen MR) is 82.5 cm³/mol. The van der Waals surface area contributed by atoms with E-state index < -0.39 is 11.6 Å². The lowest BCUT2D eigenvalue weighted by Crippen LogP contribution is -2.28. The van der Waals surface area contributed by atoms with Gasteiger partial charge in [-0.25, -0.2) is 8.78 Å². The highest BCUT2D eigenvalue weighted by Crippen LogP contribution is 2.13. The Bertz CT molecular complexity index is 632. The van der Waals surface area contributed by atoms with Crippen LogP contribution < -0.4 is 10.6 Å². The zero-order chi connectivity index (χ0) is 15.9. The minimum Gasteiger partial charge on any atom is -0.384 e. The van der Waals surface area contributed by atoms with Crippen molar-refractivity contribution in [1.29, 1.82) is 0 Å². The van der Waals surface area contributed by atoms with Gasteiger partial charge in [-0.1, -0.05) is 30.3 Å². The van der Waals surface area contributed by atoms with Crippen molar-refractivity contribution in [3.05, 3.63) is 65.7 Å². The highest BCUT2D eigenvalue weighted by atomic mass is 19.2. The largest absolute Gasteiger partial charge is 0.384 e. The van der Waals surface area contributed by atoms with Crippen molar-refractivity contribution >= 4 is 11.6 Å². The van der Waals surface area contributed by atoms with Crippen LogP contribution in [0, 0.1) is 11.6 Å². The number of hydrogen-bond acceptors (Lipinski definition) is 2. The Labute approximate surface area is 128 Å². The smallest absolute Gasteiger partial charge is 0.222 e. The van der Waals surface area contributed by atoms with E-state index in [1.807, 2.05) is 37.3 Å². The van der Waals surface area contributed by atoms with Crippen molar-refractivity contribution in [3.8, 4) is 0 Å². The van der Waals surface area contributed by atoms with E-state index in [0.29, 0.717) is 12.2 Å². The molecule has 0 aromatic heterocycles. The van der Waals surface area contributed by atoms with E-state index in [-0.39, 0.29) is 18.4 Å². The van der Waals surface area contributed by atoms with Crippen LogP contribution in [0.3, 0.4) is 0 Å². The molecule has 116 valence electrons. The average molecular weight is 304 g/mol. The molecule has 2 aromatic carbocycles. The molecule has 0 bridgehead atoms. The standard InChI is InChI=1S/C17H18F2N2O/c1-12(13-5-3-2-4-6-13)21-17(22)9-10-20-14-7-8-15(18)16(19)11-14/h2-8,11-12,20H,9-10H2,1H3,(H,21,22). The van der Waals surface area contributed by atoms with Gasteiger partial charge >= 0.3 is 0 Å². The Morgan fingerprint density at radius 1 is 1.09 bits per heavy atom. The van der Waals surface area contributed by atoms with Crippen LogP contribution in [0.15, 0.2) is 48.5 Å². The van der Waals surface area contributed by atoms with Crippen LogP contribution in [0.2, 0.25) is 0 Å². The summed E-state index contributed by atoms with van der Waals surface area (Å²) in [5.74, 6) is -1.90. The lowest BCUT2D eigenvalue weighted by molar-refractivity contribution is -0.121. The third-order valence-corrected chi connectivity index (χ3v) is 3.28. The van der Waals surface area contributed by atoms with Crippen LogP contribution >= 0.6 is 0 Å². The Kier molecular flexibility index (Phi) is 5.47. The molecule has 22 heavy (non-hydrogen) atoms. The van der Waals surface area contributed by atoms with Crippen molar-refractivity contribution in [2.75, 3.05) is 11.9 Å². The molecule has 0 aliphatic rings. The molecule has 1 amide bonds. The Balaban J connectivity index is 1.77. The number of anilines is 1. The topological polar surface area (TPSA) is 41.1 Å². The zero-order valence-corrected chi connectivity index (χ0v) is 12.3. The summed E-state index contributed by atoms with van der Waals surface area (Å²) >= 11 is 0. The van der Waals surface area contributed by atoms with Gasteiger partial charge in [-0.15, -0.1) is 0 Å². The van der Waals surface area contributed by atoms with E-state index in [2.05, 4.69) is 10.6 Å². The van der Waals surface area contributed by atoms with Crippen molar-refractivity contribution < 1.29 is 13.6 Å². The lowest BCUT2D eigenvalue weighted by atomic mass is 10.1. The number of benzene rings is 2. The Morgan fingerprint density at radius 2 is 1.82 bits per heavy atom. The monoisotopic (exact) mass is 304 g/mol. The first-order valence-corrected chi connectivity index (χ1v) is 7.09. The average Bonchev–Trinajstić information content (AvgIpc) is 2.51. The summed E-state index contributed by atoms with van der Waals surface area (Å²) in [5, 5.41) is 5.78. The van der Waals surface area contributed by atoms with Crippen molar-refractivity contribution in [3.63, 3.8) is 0 Å². The quantitative estimate of drug-likeness (QED) is 0.855. The number of rotatable bonds is 6. The molecule has 5 heteroatoms. The summed E-state index contributed by atoms with van der Waals surface area (Å²) in [6.07, 6.45) is 0.246. The van der Waals surface area contributed by atoms with Gasteiger partial charge in [0.05, 0.1) is 6.04 Å². The number of amides is 1. The fourth-order valence-corrected chi connectivity index (χ4v) is 2.07. The molecular weight excluding hydrogens is 286 g/mol. The minimum atomic E-state index is -0.910. The summed E-state index contributed by atoms with van der Waals surface area (Å²) in [4.78, 5) is 11.9. The SMILES string of the molecule is CC(NC(=O)CCNc1ccc(F)c(F)c1)c1ccccc1. The van der Waals surface area contributed by atoms with Crippen molar-refractivity contribution in [2.24, 2.45) is 0 Å². The van der Waals surface area contributed by atoms with Gasteiger partial charge in [0.15, 0.2) is 11.6 Å². The first kappa shape index (κ1) is 15.9. The van der Waals surface area contributed by atoms with Gasteiger partial charge in [0.1, 0.15) is 0 Å². The molecule has 1 unspecified atom stereocenters. The zero-order valence-electron chi connectivity index (χ0n) is 12.3. The molecule has 0 spiro atoms. The molecule has 0 fully saturated rings. The molecule has 0 saturated heterocycles. The number of nitrogens with one attached hydrogen (secondary N) is 2. The van der Waals surface area contributed by atoms with E-state index in [0.717, 1.165) is 17.7 Å². The molecule has 3 nitrogen and oxygen atoms in total. The van der Waals surface area contributed by atoms with E-state index in [9.17, 15) is 13.6 Å². The van der Waals surface area contributed by atoms with Crippen LogP contribution in [0.5, 0.6) is 0 Å². The third-order valence-electron chi connectivity index (χ3n) is 3.28. The molecule has 2 rings (SSSR count). The summed E-state index contributed by atoms with van der Waals surface area (Å²) in [5.41, 5.74) is 1.48. The van der Waals surface area contributed by atoms with Crippen molar-refractivity contribution in [2.45, 2.75) is 19.4 Å². The van der Waals surface area contributed by atoms with E-state index in [1.54, 1.807) is 0 Å². The predicted octanol–water partition coefficient (Wildman–Crippen LogP) is 3.64. The van der Waals surface area contributed by atoms with Crippen LogP contribution in [0.25, 0.3) is 0 Å². The van der Waals surface area contributed by atoms with Gasteiger partial charge in [0, 0.05) is 18.7 Å². The van der Waals surface area contributed by atoms with Gasteiger partial charge in [0.2, 0.25) is 5.91 Å². The van der Waals surface area contributed by atoms with Crippen LogP contribution in [0.1, 0.15) is 24.9 Å². The molecule has 2 aromatic rings. The first-order valence-electron chi connectivity index (χ1n) is 7.09. The van der Waals surface area contributed by atoms with Gasteiger partial charge < -0.3 is 10.6 Å². The van der Waals surface area contributed by atoms with Crippen LogP contribution in [-0.2, 0) is 4.79 Å². The molecule has 0 radical (unpaired) electrons. The minimum absolute atomic E-state index is 0.0723. The van der Waals surface area contributed by atoms with Gasteiger partial charge in [-0.05, 0) is 30.7 Å². The van der Waals surface area contributed by atoms with E-state index in [4.69, 9.17) is 0 Å². The van der Waals surface area contributed by atoms with Gasteiger partial charge in [-0.3, -0.25) is 4.79 Å². The molecule has 2 N–H and O–H groups in total. The maximum absolute atomic E-state index is 13.0. The second-order valence-electron chi connectivity index (χ2n) is 5.01. The molecule has 0 aliphatic carbocycles. The first-order chi connectivity index (χ1) is 10.6. The normalized spacial score (nSPS) is 11.8. The summed E-state index contributed by atoms with van der Waals surface area (Å²) in [6, 6.07) is 13.1. The number of carbonyl (C=O) groups excluding carboxylic acids is 1. The summed E-state index contributed by atoms with van der Waals surface area (Å²) in [6.45, 7) is 2.26. The van der Waals surface area contributed by atoms with E-state index in [1.165, 1.54) is 6.07 Å². The molecule has 0 heterocycles. The van der Waals surface area contributed by atoms with Crippen LogP contribution in [0.4, 0.5) is 14.5 Å². The lowest BCUT2D eigenvalue weighted by Gasteiger charge is -2.14. The van der Waals surface area contributed by atoms with Crippen LogP contribution in [-0.4, -0.2) is 12.5 Å². The second kappa shape index (κ2) is 7.54. The van der Waals surface area contributed by atoms with Gasteiger partial charge in [0.25, 0.3) is 0 Å². The van der Waals surface area contributed by atoms with E-state index >= 15 is 0 Å². The maximum Gasteiger partial charge on any atom is 0.222 e. The molecule has 0 saturated carbocycles. The van der Waals surface area contributed by atoms with Crippen molar-refractivity contribution in [1.82, 2.24) is 5.32 Å². The second-order valence-corrected chi connectivity index (χ2v) is 5.01. The number of hydrogen-bond donors (Lipinski definition) is 2. The number of carbonyl (C=O) groups is 1. The highest BCUT2D eigenvalue weighted by molar-refractivity contribution is 5.77. The molecule has 0 aliphatic heterocycles. The third kappa shape index (κ3) is 4.55. The Morgan fingerprint density at radius 3 is 2.50 bits per heavy atom. The fraction of sp³-hybridized carbons (Fsp3) is 0.235. The molecule has 1 atom stereocenters.